The van der Waals surface area contributed by atoms with E-state index in [1.54, 1.807) is 38.1 Å². The Balaban J connectivity index is 1.90. The molecule has 170 valence electrons. The van der Waals surface area contributed by atoms with Crippen LogP contribution in [0.2, 0.25) is 0 Å². The van der Waals surface area contributed by atoms with Crippen LogP contribution in [-0.2, 0) is 9.59 Å². The third kappa shape index (κ3) is 6.69. The summed E-state index contributed by atoms with van der Waals surface area (Å²) < 4.78 is 10.2. The molecule has 32 heavy (non-hydrogen) atoms. The zero-order valence-electron chi connectivity index (χ0n) is 17.8. The summed E-state index contributed by atoms with van der Waals surface area (Å²) in [5, 5.41) is 13.6. The van der Waals surface area contributed by atoms with Crippen LogP contribution in [0.3, 0.4) is 0 Å². The standard InChI is InChI=1S/C21H24N4O7/c1-13(2)19(22-20(27)14-8-10-15(31-3)11-9-14)21(28)24-23-18(26)12-32-17-7-5-4-6-16(17)25(29)30/h4-11,13,19H,12H2,1-3H3,(H,22,27)(H,23,26)(H,24,28). The number of hydrogen-bond donors (Lipinski definition) is 3. The number of hydrogen-bond acceptors (Lipinski definition) is 7. The smallest absolute Gasteiger partial charge is 0.310 e. The zero-order chi connectivity index (χ0) is 23.7. The molecule has 11 nitrogen and oxygen atoms in total. The number of ether oxygens (including phenoxy) is 2. The highest BCUT2D eigenvalue weighted by Gasteiger charge is 2.25. The number of nitro benzene ring substituents is 1. The van der Waals surface area contributed by atoms with Gasteiger partial charge in [-0.1, -0.05) is 26.0 Å². The predicted molar refractivity (Wildman–Crippen MR) is 114 cm³/mol. The Bertz CT molecular complexity index is 976. The minimum atomic E-state index is -0.930. The SMILES string of the molecule is COc1ccc(C(=O)NC(C(=O)NNC(=O)COc2ccccc2[N+](=O)[O-])C(C)C)cc1. The van der Waals surface area contributed by atoms with Crippen LogP contribution in [0.5, 0.6) is 11.5 Å². The molecule has 3 amide bonds. The second-order valence-electron chi connectivity index (χ2n) is 6.97. The second kappa shape index (κ2) is 11.3. The van der Waals surface area contributed by atoms with Crippen molar-refractivity contribution in [3.8, 4) is 11.5 Å². The zero-order valence-corrected chi connectivity index (χ0v) is 17.8. The van der Waals surface area contributed by atoms with E-state index in [0.717, 1.165) is 0 Å². The fourth-order valence-corrected chi connectivity index (χ4v) is 2.62. The number of para-hydroxylation sites is 2. The highest BCUT2D eigenvalue weighted by atomic mass is 16.6. The van der Waals surface area contributed by atoms with Crippen molar-refractivity contribution in [2.75, 3.05) is 13.7 Å². The maximum atomic E-state index is 12.5. The first kappa shape index (κ1) is 24.1. The number of amides is 3. The molecule has 11 heteroatoms. The first-order valence-electron chi connectivity index (χ1n) is 9.62. The number of nitrogens with zero attached hydrogens (tertiary/aromatic N) is 1. The van der Waals surface area contributed by atoms with Gasteiger partial charge in [-0.3, -0.25) is 35.3 Å². The van der Waals surface area contributed by atoms with Gasteiger partial charge >= 0.3 is 5.69 Å². The third-order valence-electron chi connectivity index (χ3n) is 4.33. The number of carbonyl (C=O) groups excluding carboxylic acids is 3. The summed E-state index contributed by atoms with van der Waals surface area (Å²) in [7, 11) is 1.51. The topological polar surface area (TPSA) is 149 Å². The van der Waals surface area contributed by atoms with E-state index in [2.05, 4.69) is 16.2 Å². The molecule has 2 rings (SSSR count). The van der Waals surface area contributed by atoms with Gasteiger partial charge < -0.3 is 14.8 Å². The highest BCUT2D eigenvalue weighted by molar-refractivity contribution is 5.98. The molecule has 0 aliphatic carbocycles. The van der Waals surface area contributed by atoms with Crippen LogP contribution < -0.4 is 25.6 Å². The monoisotopic (exact) mass is 444 g/mol. The summed E-state index contributed by atoms with van der Waals surface area (Å²) in [5.41, 5.74) is 4.44. The number of methoxy groups -OCH3 is 1. The summed E-state index contributed by atoms with van der Waals surface area (Å²) in [6, 6.07) is 11.0. The van der Waals surface area contributed by atoms with Crippen molar-refractivity contribution >= 4 is 23.4 Å². The predicted octanol–water partition coefficient (Wildman–Crippen LogP) is 1.58. The lowest BCUT2D eigenvalue weighted by molar-refractivity contribution is -0.385. The fraction of sp³-hybridized carbons (Fsp3) is 0.286. The number of carbonyl (C=O) groups is 3. The van der Waals surface area contributed by atoms with E-state index < -0.39 is 35.3 Å². The van der Waals surface area contributed by atoms with Crippen LogP contribution >= 0.6 is 0 Å². The molecule has 0 aliphatic rings. The van der Waals surface area contributed by atoms with Crippen LogP contribution in [0.4, 0.5) is 5.69 Å². The summed E-state index contributed by atoms with van der Waals surface area (Å²) in [6.45, 7) is 2.91. The molecule has 0 saturated carbocycles. The summed E-state index contributed by atoms with van der Waals surface area (Å²) in [4.78, 5) is 47.3. The van der Waals surface area contributed by atoms with Crippen LogP contribution in [0.25, 0.3) is 0 Å². The van der Waals surface area contributed by atoms with Gasteiger partial charge in [0.05, 0.1) is 12.0 Å². The van der Waals surface area contributed by atoms with E-state index in [1.165, 1.54) is 31.4 Å². The molecule has 0 aliphatic heterocycles. The van der Waals surface area contributed by atoms with Crippen molar-refractivity contribution < 1.29 is 28.8 Å². The van der Waals surface area contributed by atoms with Gasteiger partial charge in [-0.05, 0) is 36.2 Å². The first-order valence-corrected chi connectivity index (χ1v) is 9.62. The quantitative estimate of drug-likeness (QED) is 0.393. The lowest BCUT2D eigenvalue weighted by Crippen LogP contribution is -2.55. The van der Waals surface area contributed by atoms with E-state index >= 15 is 0 Å². The van der Waals surface area contributed by atoms with Crippen LogP contribution in [-0.4, -0.2) is 42.4 Å². The van der Waals surface area contributed by atoms with Crippen molar-refractivity contribution in [1.29, 1.82) is 0 Å². The van der Waals surface area contributed by atoms with Gasteiger partial charge in [0, 0.05) is 11.6 Å². The molecule has 0 bridgehead atoms. The molecular formula is C21H24N4O7. The highest BCUT2D eigenvalue weighted by Crippen LogP contribution is 2.25. The Labute approximate surface area is 184 Å². The van der Waals surface area contributed by atoms with Crippen molar-refractivity contribution in [3.63, 3.8) is 0 Å². The third-order valence-corrected chi connectivity index (χ3v) is 4.33. The number of rotatable bonds is 9. The van der Waals surface area contributed by atoms with Gasteiger partial charge in [-0.25, -0.2) is 0 Å². The van der Waals surface area contributed by atoms with Gasteiger partial charge in [0.15, 0.2) is 12.4 Å². The van der Waals surface area contributed by atoms with Gasteiger partial charge in [0.1, 0.15) is 11.8 Å². The van der Waals surface area contributed by atoms with Gasteiger partial charge in [-0.2, -0.15) is 0 Å². The molecule has 0 saturated heterocycles. The molecule has 3 N–H and O–H groups in total. The van der Waals surface area contributed by atoms with E-state index in [4.69, 9.17) is 9.47 Å². The minimum absolute atomic E-state index is 0.0780. The van der Waals surface area contributed by atoms with E-state index in [1.807, 2.05) is 0 Å². The Morgan fingerprint density at radius 1 is 1.03 bits per heavy atom. The van der Waals surface area contributed by atoms with Crippen LogP contribution in [0, 0.1) is 16.0 Å². The van der Waals surface area contributed by atoms with E-state index in [0.29, 0.717) is 11.3 Å². The van der Waals surface area contributed by atoms with E-state index in [9.17, 15) is 24.5 Å². The van der Waals surface area contributed by atoms with E-state index in [-0.39, 0.29) is 17.4 Å². The Kier molecular flexibility index (Phi) is 8.52. The molecule has 0 fully saturated rings. The lowest BCUT2D eigenvalue weighted by atomic mass is 10.0. The van der Waals surface area contributed by atoms with Crippen molar-refractivity contribution in [2.45, 2.75) is 19.9 Å². The molecule has 0 radical (unpaired) electrons. The molecule has 0 spiro atoms. The summed E-state index contributed by atoms with van der Waals surface area (Å²) in [5.74, 6) is -1.61. The number of benzene rings is 2. The number of nitrogens with one attached hydrogen (secondary N) is 3. The molecule has 1 atom stereocenters. The number of nitro groups is 1. The largest absolute Gasteiger partial charge is 0.497 e. The molecule has 0 heterocycles. The Morgan fingerprint density at radius 3 is 2.28 bits per heavy atom. The Morgan fingerprint density at radius 2 is 1.69 bits per heavy atom. The van der Waals surface area contributed by atoms with Gasteiger partial charge in [0.2, 0.25) is 0 Å². The molecule has 2 aromatic carbocycles. The first-order chi connectivity index (χ1) is 15.2. The maximum Gasteiger partial charge on any atom is 0.310 e. The average molecular weight is 444 g/mol. The maximum absolute atomic E-state index is 12.5. The van der Waals surface area contributed by atoms with Crippen molar-refractivity contribution in [1.82, 2.24) is 16.2 Å². The van der Waals surface area contributed by atoms with Gasteiger partial charge in [-0.15, -0.1) is 0 Å². The molecule has 2 aromatic rings. The number of hydrazine groups is 1. The average Bonchev–Trinajstić information content (AvgIpc) is 2.79. The fourth-order valence-electron chi connectivity index (χ4n) is 2.62. The molecule has 0 aromatic heterocycles. The molecular weight excluding hydrogens is 420 g/mol. The van der Waals surface area contributed by atoms with Crippen molar-refractivity contribution in [3.05, 3.63) is 64.2 Å². The van der Waals surface area contributed by atoms with Gasteiger partial charge in [0.25, 0.3) is 17.7 Å². The van der Waals surface area contributed by atoms with Crippen molar-refractivity contribution in [2.24, 2.45) is 5.92 Å². The Hall–Kier alpha value is -4.15. The normalized spacial score (nSPS) is 11.2. The van der Waals surface area contributed by atoms with Crippen LogP contribution in [0.1, 0.15) is 24.2 Å². The minimum Gasteiger partial charge on any atom is -0.497 e. The molecule has 1 unspecified atom stereocenters. The summed E-state index contributed by atoms with van der Waals surface area (Å²) in [6.07, 6.45) is 0. The summed E-state index contributed by atoms with van der Waals surface area (Å²) >= 11 is 0. The lowest BCUT2D eigenvalue weighted by Gasteiger charge is -2.22. The second-order valence-corrected chi connectivity index (χ2v) is 6.97. The van der Waals surface area contributed by atoms with Crippen LogP contribution in [0.15, 0.2) is 48.5 Å².